The fourth-order valence-corrected chi connectivity index (χ4v) is 2.49. The summed E-state index contributed by atoms with van der Waals surface area (Å²) in [6, 6.07) is 3.63. The fraction of sp³-hybridized carbons (Fsp3) is 0.333. The van der Waals surface area contributed by atoms with Crippen LogP contribution in [0.4, 0.5) is 0 Å². The summed E-state index contributed by atoms with van der Waals surface area (Å²) in [5, 5.41) is 0.476. The van der Waals surface area contributed by atoms with Gasteiger partial charge in [-0.05, 0) is 63.0 Å². The third-order valence-electron chi connectivity index (χ3n) is 2.27. The first-order chi connectivity index (χ1) is 8.47. The van der Waals surface area contributed by atoms with Gasteiger partial charge in [-0.2, -0.15) is 0 Å². The van der Waals surface area contributed by atoms with Crippen molar-refractivity contribution in [1.82, 2.24) is 9.97 Å². The third kappa shape index (κ3) is 3.24. The topological polar surface area (TPSA) is 38.9 Å². The number of furan rings is 1. The molecule has 2 aromatic heterocycles. The summed E-state index contributed by atoms with van der Waals surface area (Å²) in [5.41, 5.74) is 0.966. The summed E-state index contributed by atoms with van der Waals surface area (Å²) in [6.45, 7) is 4.30. The molecule has 0 N–H and O–H groups in total. The van der Waals surface area contributed by atoms with E-state index in [-0.39, 0.29) is 0 Å². The van der Waals surface area contributed by atoms with Crippen molar-refractivity contribution in [3.63, 3.8) is 0 Å². The van der Waals surface area contributed by atoms with E-state index in [4.69, 9.17) is 16.0 Å². The van der Waals surface area contributed by atoms with Crippen molar-refractivity contribution in [1.29, 1.82) is 0 Å². The van der Waals surface area contributed by atoms with Crippen LogP contribution in [-0.2, 0) is 6.42 Å². The molecule has 0 saturated heterocycles. The third-order valence-corrected chi connectivity index (χ3v) is 4.43. The zero-order valence-corrected chi connectivity index (χ0v) is 14.4. The summed E-state index contributed by atoms with van der Waals surface area (Å²) in [5.74, 6) is 1.66. The van der Waals surface area contributed by atoms with E-state index in [1.165, 1.54) is 0 Å². The Morgan fingerprint density at radius 1 is 1.39 bits per heavy atom. The minimum absolute atomic E-state index is 0.476. The minimum atomic E-state index is 0.476. The number of aromatic nitrogens is 2. The van der Waals surface area contributed by atoms with E-state index < -0.39 is 0 Å². The second kappa shape index (κ2) is 5.88. The first kappa shape index (κ1) is 14.3. The van der Waals surface area contributed by atoms with Gasteiger partial charge in [0.2, 0.25) is 0 Å². The minimum Gasteiger partial charge on any atom is -0.446 e. The molecular formula is C12H11BrClIN2O. The molecule has 0 atom stereocenters. The predicted octanol–water partition coefficient (Wildman–Crippen LogP) is 4.96. The van der Waals surface area contributed by atoms with Crippen LogP contribution in [0.25, 0.3) is 11.6 Å². The van der Waals surface area contributed by atoms with Gasteiger partial charge < -0.3 is 4.42 Å². The number of hydrogen-bond donors (Lipinski definition) is 0. The van der Waals surface area contributed by atoms with E-state index in [1.54, 1.807) is 0 Å². The van der Waals surface area contributed by atoms with Gasteiger partial charge in [0, 0.05) is 0 Å². The van der Waals surface area contributed by atoms with Crippen LogP contribution < -0.4 is 0 Å². The highest BCUT2D eigenvalue weighted by Gasteiger charge is 2.15. The molecule has 6 heteroatoms. The highest BCUT2D eigenvalue weighted by atomic mass is 127. The lowest BCUT2D eigenvalue weighted by atomic mass is 10.1. The van der Waals surface area contributed by atoms with Gasteiger partial charge in [0.25, 0.3) is 0 Å². The molecule has 0 fully saturated rings. The second-order valence-corrected chi connectivity index (χ2v) is 6.52. The molecule has 2 rings (SSSR count). The van der Waals surface area contributed by atoms with Crippen LogP contribution in [0.5, 0.6) is 0 Å². The number of nitrogens with zero attached hydrogens (tertiary/aromatic N) is 2. The first-order valence-electron chi connectivity index (χ1n) is 5.45. The quantitative estimate of drug-likeness (QED) is 0.500. The molecule has 0 spiro atoms. The molecular weight excluding hydrogens is 430 g/mol. The molecule has 2 aromatic rings. The van der Waals surface area contributed by atoms with Crippen LogP contribution in [0.2, 0.25) is 5.15 Å². The molecule has 0 saturated carbocycles. The van der Waals surface area contributed by atoms with Crippen molar-refractivity contribution >= 4 is 50.1 Å². The van der Waals surface area contributed by atoms with Gasteiger partial charge in [0.1, 0.15) is 5.15 Å². The summed E-state index contributed by atoms with van der Waals surface area (Å²) in [4.78, 5) is 8.80. The highest BCUT2D eigenvalue weighted by Crippen LogP contribution is 2.27. The van der Waals surface area contributed by atoms with Crippen molar-refractivity contribution in [3.8, 4) is 11.6 Å². The van der Waals surface area contributed by atoms with Gasteiger partial charge in [0.15, 0.2) is 16.3 Å². The van der Waals surface area contributed by atoms with E-state index in [0.29, 0.717) is 27.3 Å². The van der Waals surface area contributed by atoms with E-state index in [9.17, 15) is 0 Å². The van der Waals surface area contributed by atoms with Crippen molar-refractivity contribution < 1.29 is 4.42 Å². The van der Waals surface area contributed by atoms with Crippen molar-refractivity contribution in [3.05, 3.63) is 31.2 Å². The largest absolute Gasteiger partial charge is 0.446 e. The SMILES string of the molecule is CC(C)Cc1nc(-c2ccc(Br)o2)nc(Cl)c1I. The Labute approximate surface area is 133 Å². The van der Waals surface area contributed by atoms with Crippen molar-refractivity contribution in [2.24, 2.45) is 5.92 Å². The highest BCUT2D eigenvalue weighted by molar-refractivity contribution is 14.1. The Balaban J connectivity index is 2.46. The first-order valence-corrected chi connectivity index (χ1v) is 7.70. The van der Waals surface area contributed by atoms with Gasteiger partial charge in [0.05, 0.1) is 9.26 Å². The second-order valence-electron chi connectivity index (χ2n) is 4.30. The van der Waals surface area contributed by atoms with Gasteiger partial charge in [-0.25, -0.2) is 9.97 Å². The van der Waals surface area contributed by atoms with E-state index in [2.05, 4.69) is 62.3 Å². The van der Waals surface area contributed by atoms with Crippen LogP contribution in [0.1, 0.15) is 19.5 Å². The monoisotopic (exact) mass is 440 g/mol. The molecule has 0 aliphatic rings. The average molecular weight is 441 g/mol. The number of rotatable bonds is 3. The molecule has 0 amide bonds. The lowest BCUT2D eigenvalue weighted by molar-refractivity contribution is 0.549. The van der Waals surface area contributed by atoms with Crippen molar-refractivity contribution in [2.75, 3.05) is 0 Å². The lowest BCUT2D eigenvalue weighted by Crippen LogP contribution is -2.04. The molecule has 0 bridgehead atoms. The maximum absolute atomic E-state index is 6.15. The number of halogens is 3. The molecule has 0 aliphatic carbocycles. The van der Waals surface area contributed by atoms with E-state index in [1.807, 2.05) is 12.1 Å². The van der Waals surface area contributed by atoms with E-state index >= 15 is 0 Å². The molecule has 2 heterocycles. The maximum Gasteiger partial charge on any atom is 0.197 e. The van der Waals surface area contributed by atoms with Crippen LogP contribution >= 0.6 is 50.1 Å². The molecule has 3 nitrogen and oxygen atoms in total. The van der Waals surface area contributed by atoms with Crippen LogP contribution in [0.15, 0.2) is 21.2 Å². The molecule has 0 aliphatic heterocycles. The normalized spacial score (nSPS) is 11.2. The molecule has 0 unspecified atom stereocenters. The lowest BCUT2D eigenvalue weighted by Gasteiger charge is -2.09. The van der Waals surface area contributed by atoms with Crippen molar-refractivity contribution in [2.45, 2.75) is 20.3 Å². The zero-order chi connectivity index (χ0) is 13.3. The number of hydrogen-bond acceptors (Lipinski definition) is 3. The Kier molecular flexibility index (Phi) is 4.66. The Hall–Kier alpha value is -0.140. The Bertz CT molecular complexity index is 571. The zero-order valence-electron chi connectivity index (χ0n) is 9.88. The molecule has 0 radical (unpaired) electrons. The van der Waals surface area contributed by atoms with Gasteiger partial charge >= 0.3 is 0 Å². The molecule has 0 aromatic carbocycles. The standard InChI is InChI=1S/C12H11BrClIN2O/c1-6(2)5-7-10(15)11(14)17-12(16-7)8-3-4-9(13)18-8/h3-4,6H,5H2,1-2H3. The maximum atomic E-state index is 6.15. The van der Waals surface area contributed by atoms with Gasteiger partial charge in [-0.1, -0.05) is 25.4 Å². The van der Waals surface area contributed by atoms with E-state index in [0.717, 1.165) is 15.7 Å². The molecule has 18 heavy (non-hydrogen) atoms. The van der Waals surface area contributed by atoms with Gasteiger partial charge in [-0.15, -0.1) is 0 Å². The van der Waals surface area contributed by atoms with Crippen LogP contribution in [-0.4, -0.2) is 9.97 Å². The summed E-state index contributed by atoms with van der Waals surface area (Å²) < 4.78 is 7.02. The van der Waals surface area contributed by atoms with Crippen LogP contribution in [0, 0.1) is 9.49 Å². The Morgan fingerprint density at radius 2 is 2.11 bits per heavy atom. The summed E-state index contributed by atoms with van der Waals surface area (Å²) in [6.07, 6.45) is 0.870. The Morgan fingerprint density at radius 3 is 2.67 bits per heavy atom. The van der Waals surface area contributed by atoms with Crippen LogP contribution in [0.3, 0.4) is 0 Å². The van der Waals surface area contributed by atoms with Gasteiger partial charge in [-0.3, -0.25) is 0 Å². The molecule has 96 valence electrons. The smallest absolute Gasteiger partial charge is 0.197 e. The summed E-state index contributed by atoms with van der Waals surface area (Å²) in [7, 11) is 0. The predicted molar refractivity (Wildman–Crippen MR) is 83.7 cm³/mol. The fourth-order valence-electron chi connectivity index (χ4n) is 1.53. The summed E-state index contributed by atoms with van der Waals surface area (Å²) >= 11 is 11.6. The average Bonchev–Trinajstić information content (AvgIpc) is 2.70.